The number of allylic oxidation sites excluding steroid dienone is 2. The van der Waals surface area contributed by atoms with E-state index in [-0.39, 0.29) is 0 Å². The average molecular weight is 338 g/mol. The molecular formula is C22H30N2O. The van der Waals surface area contributed by atoms with Gasteiger partial charge in [-0.2, -0.15) is 0 Å². The summed E-state index contributed by atoms with van der Waals surface area (Å²) in [5.74, 6) is 1.65. The van der Waals surface area contributed by atoms with Gasteiger partial charge in [0.2, 0.25) is 0 Å². The van der Waals surface area contributed by atoms with Gasteiger partial charge in [-0.15, -0.1) is 0 Å². The normalized spacial score (nSPS) is 35.0. The van der Waals surface area contributed by atoms with Crippen LogP contribution in [0.5, 0.6) is 0 Å². The summed E-state index contributed by atoms with van der Waals surface area (Å²) in [6.07, 6.45) is 5.52. The molecule has 0 amide bonds. The molecule has 1 spiro atoms. The van der Waals surface area contributed by atoms with Crippen LogP contribution in [0.3, 0.4) is 0 Å². The van der Waals surface area contributed by atoms with Crippen LogP contribution < -0.4 is 5.32 Å². The molecule has 1 aromatic rings. The molecule has 0 aromatic heterocycles. The third-order valence-corrected chi connectivity index (χ3v) is 7.15. The molecule has 0 unspecified atom stereocenters. The first-order valence-corrected chi connectivity index (χ1v) is 9.81. The van der Waals surface area contributed by atoms with Crippen molar-refractivity contribution in [3.63, 3.8) is 0 Å². The van der Waals surface area contributed by atoms with E-state index in [1.54, 1.807) is 0 Å². The number of carbonyl (C=O) groups is 1. The highest BCUT2D eigenvalue weighted by molar-refractivity contribution is 6.15. The fraction of sp³-hybridized carbons (Fsp3) is 0.591. The zero-order valence-corrected chi connectivity index (χ0v) is 15.9. The number of nitrogens with zero attached hydrogens (tertiary/aromatic N) is 1. The molecule has 0 radical (unpaired) electrons. The van der Waals surface area contributed by atoms with Gasteiger partial charge < -0.3 is 5.32 Å². The molecule has 134 valence electrons. The number of aryl methyl sites for hydroxylation is 1. The molecule has 0 aliphatic carbocycles. The van der Waals surface area contributed by atoms with E-state index < -0.39 is 5.54 Å². The topological polar surface area (TPSA) is 32.3 Å². The van der Waals surface area contributed by atoms with Crippen LogP contribution in [0.4, 0.5) is 5.69 Å². The number of Topliss-reactive ketones (excluding diaryl/α,β-unsaturated/α-hetero) is 1. The Bertz CT molecular complexity index is 738. The number of rotatable bonds is 2. The minimum atomic E-state index is -0.403. The average Bonchev–Trinajstić information content (AvgIpc) is 3.12. The Morgan fingerprint density at radius 3 is 2.92 bits per heavy atom. The molecule has 3 heterocycles. The summed E-state index contributed by atoms with van der Waals surface area (Å²) in [7, 11) is 0. The predicted molar refractivity (Wildman–Crippen MR) is 103 cm³/mol. The van der Waals surface area contributed by atoms with Crippen LogP contribution in [0.1, 0.15) is 56.0 Å². The van der Waals surface area contributed by atoms with Crippen molar-refractivity contribution in [3.05, 3.63) is 41.0 Å². The smallest absolute Gasteiger partial charge is 0.192 e. The molecule has 2 fully saturated rings. The van der Waals surface area contributed by atoms with Crippen molar-refractivity contribution in [1.29, 1.82) is 0 Å². The summed E-state index contributed by atoms with van der Waals surface area (Å²) in [4.78, 5) is 16.1. The molecule has 25 heavy (non-hydrogen) atoms. The van der Waals surface area contributed by atoms with E-state index in [0.29, 0.717) is 23.7 Å². The van der Waals surface area contributed by atoms with Crippen LogP contribution >= 0.6 is 0 Å². The molecule has 3 heteroatoms. The Hall–Kier alpha value is -1.61. The van der Waals surface area contributed by atoms with Gasteiger partial charge in [-0.1, -0.05) is 37.1 Å². The van der Waals surface area contributed by atoms with Gasteiger partial charge in [-0.25, -0.2) is 0 Å². The van der Waals surface area contributed by atoms with Crippen LogP contribution in [0.15, 0.2) is 29.8 Å². The molecular weight excluding hydrogens is 308 g/mol. The minimum absolute atomic E-state index is 0.314. The number of anilines is 1. The van der Waals surface area contributed by atoms with Gasteiger partial charge in [0, 0.05) is 30.4 Å². The lowest BCUT2D eigenvalue weighted by Gasteiger charge is -2.45. The Morgan fingerprint density at radius 1 is 1.44 bits per heavy atom. The van der Waals surface area contributed by atoms with E-state index in [2.05, 4.69) is 62.2 Å². The summed E-state index contributed by atoms with van der Waals surface area (Å²) >= 11 is 0. The largest absolute Gasteiger partial charge is 0.371 e. The quantitative estimate of drug-likeness (QED) is 0.810. The van der Waals surface area contributed by atoms with E-state index in [1.165, 1.54) is 12.0 Å². The molecule has 0 saturated carbocycles. The van der Waals surface area contributed by atoms with Crippen molar-refractivity contribution in [2.24, 2.45) is 11.8 Å². The van der Waals surface area contributed by atoms with Crippen molar-refractivity contribution in [3.8, 4) is 0 Å². The van der Waals surface area contributed by atoms with Crippen molar-refractivity contribution >= 4 is 11.5 Å². The predicted octanol–water partition coefficient (Wildman–Crippen LogP) is 4.43. The summed E-state index contributed by atoms with van der Waals surface area (Å²) < 4.78 is 0. The van der Waals surface area contributed by atoms with Crippen LogP contribution in [0, 0.1) is 18.8 Å². The zero-order valence-electron chi connectivity index (χ0n) is 15.9. The Kier molecular flexibility index (Phi) is 4.03. The lowest BCUT2D eigenvalue weighted by molar-refractivity contribution is 0.0693. The molecule has 4 atom stereocenters. The number of hydrogen-bond acceptors (Lipinski definition) is 3. The Labute approximate surface area is 151 Å². The second kappa shape index (κ2) is 5.98. The molecule has 2 saturated heterocycles. The van der Waals surface area contributed by atoms with E-state index in [0.717, 1.165) is 42.7 Å². The molecule has 0 bridgehead atoms. The number of nitrogens with one attached hydrogen (secondary N) is 1. The first-order chi connectivity index (χ1) is 12.0. The highest BCUT2D eigenvalue weighted by atomic mass is 16.1. The number of carbonyl (C=O) groups excluding carboxylic acids is 1. The Balaban J connectivity index is 1.70. The maximum absolute atomic E-state index is 13.5. The number of benzene rings is 1. The van der Waals surface area contributed by atoms with Gasteiger partial charge in [0.25, 0.3) is 0 Å². The lowest BCUT2D eigenvalue weighted by atomic mass is 9.72. The molecule has 4 rings (SSSR count). The maximum atomic E-state index is 13.5. The third-order valence-electron chi connectivity index (χ3n) is 7.15. The lowest BCUT2D eigenvalue weighted by Crippen LogP contribution is -2.57. The van der Waals surface area contributed by atoms with E-state index >= 15 is 0 Å². The minimum Gasteiger partial charge on any atom is -0.371 e. The highest BCUT2D eigenvalue weighted by Crippen LogP contribution is 2.49. The first-order valence-electron chi connectivity index (χ1n) is 9.81. The van der Waals surface area contributed by atoms with Crippen LogP contribution in [0.25, 0.3) is 0 Å². The maximum Gasteiger partial charge on any atom is 0.192 e. The number of hydrogen-bond donors (Lipinski definition) is 1. The SMILES string of the molecule is C/C=C(/C)[C@H]1C[C@@H]2N(CC[C@]23Nc2cccc(C)c2C3=O)C[C@H]1CC. The number of fused-ring (bicyclic) bond motifs is 3. The summed E-state index contributed by atoms with van der Waals surface area (Å²) in [5.41, 5.74) is 4.17. The summed E-state index contributed by atoms with van der Waals surface area (Å²) in [5, 5.41) is 3.70. The molecule has 3 aliphatic rings. The van der Waals surface area contributed by atoms with Crippen LogP contribution in [0.2, 0.25) is 0 Å². The van der Waals surface area contributed by atoms with Crippen LogP contribution in [-0.4, -0.2) is 35.4 Å². The van der Waals surface area contributed by atoms with Gasteiger partial charge in [0.1, 0.15) is 5.54 Å². The number of piperidine rings is 1. The fourth-order valence-electron chi connectivity index (χ4n) is 5.57. The van der Waals surface area contributed by atoms with E-state index in [9.17, 15) is 4.79 Å². The zero-order chi connectivity index (χ0) is 17.8. The third kappa shape index (κ3) is 2.32. The molecule has 3 nitrogen and oxygen atoms in total. The molecule has 1 aromatic carbocycles. The summed E-state index contributed by atoms with van der Waals surface area (Å²) in [6, 6.07) is 6.50. The van der Waals surface area contributed by atoms with Crippen molar-refractivity contribution in [2.45, 2.75) is 58.5 Å². The first kappa shape index (κ1) is 16.8. The van der Waals surface area contributed by atoms with Gasteiger partial charge in [-0.3, -0.25) is 9.69 Å². The molecule has 3 aliphatic heterocycles. The van der Waals surface area contributed by atoms with Gasteiger partial charge in [-0.05, 0) is 57.1 Å². The van der Waals surface area contributed by atoms with Crippen molar-refractivity contribution in [1.82, 2.24) is 4.90 Å². The van der Waals surface area contributed by atoms with Gasteiger partial charge >= 0.3 is 0 Å². The van der Waals surface area contributed by atoms with Gasteiger partial charge in [0.15, 0.2) is 5.78 Å². The van der Waals surface area contributed by atoms with E-state index in [4.69, 9.17) is 0 Å². The van der Waals surface area contributed by atoms with Crippen molar-refractivity contribution in [2.75, 3.05) is 18.4 Å². The Morgan fingerprint density at radius 2 is 2.24 bits per heavy atom. The number of ketones is 1. The second-order valence-electron chi connectivity index (χ2n) is 8.23. The van der Waals surface area contributed by atoms with E-state index in [1.807, 2.05) is 0 Å². The summed E-state index contributed by atoms with van der Waals surface area (Å²) in [6.45, 7) is 11.0. The second-order valence-corrected chi connectivity index (χ2v) is 8.23. The van der Waals surface area contributed by atoms with Crippen molar-refractivity contribution < 1.29 is 4.79 Å². The van der Waals surface area contributed by atoms with Gasteiger partial charge in [0.05, 0.1) is 0 Å². The standard InChI is InChI=1S/C22H30N2O/c1-5-14(3)17-12-19-22(10-11-24(19)13-16(17)6-2)21(25)20-15(4)8-7-9-18(20)23-22/h5,7-9,16-17,19,23H,6,10-13H2,1-4H3/b14-5-/t16-,17-,19+,22+/m1/s1. The highest BCUT2D eigenvalue weighted by Gasteiger charge is 2.58. The fourth-order valence-corrected chi connectivity index (χ4v) is 5.57. The van der Waals surface area contributed by atoms with Crippen LogP contribution in [-0.2, 0) is 0 Å². The molecule has 1 N–H and O–H groups in total. The monoisotopic (exact) mass is 338 g/mol.